The first-order chi connectivity index (χ1) is 20.2. The SMILES string of the molecule is COc1ccc2ccc(OCC(COc3ccc4cc(C(=O)O)ccc4c3)O[C@H]3O[C@H](CO)[C@@H](O)[C@H](O)[C@@H]3O)cc2c1. The number of methoxy groups -OCH3 is 1. The number of hydrogen-bond donors (Lipinski definition) is 5. The maximum Gasteiger partial charge on any atom is 0.335 e. The van der Waals surface area contributed by atoms with E-state index in [0.717, 1.165) is 21.5 Å². The Kier molecular flexibility index (Phi) is 9.07. The number of hydrogen-bond acceptors (Lipinski definition) is 10. The molecule has 4 aromatic carbocycles. The van der Waals surface area contributed by atoms with Crippen molar-refractivity contribution in [3.63, 3.8) is 0 Å². The quantitative estimate of drug-likeness (QED) is 0.177. The second-order valence-corrected chi connectivity index (χ2v) is 9.98. The van der Waals surface area contributed by atoms with E-state index in [1.165, 1.54) is 6.07 Å². The fourth-order valence-corrected chi connectivity index (χ4v) is 4.74. The molecule has 1 unspecified atom stereocenters. The molecule has 1 heterocycles. The Morgan fingerprint density at radius 2 is 1.33 bits per heavy atom. The highest BCUT2D eigenvalue weighted by Crippen LogP contribution is 2.27. The van der Waals surface area contributed by atoms with Crippen LogP contribution in [0.5, 0.6) is 17.2 Å². The number of aromatic carboxylic acids is 1. The first kappa shape index (κ1) is 29.5. The molecule has 0 radical (unpaired) electrons. The van der Waals surface area contributed by atoms with Crippen molar-refractivity contribution in [1.29, 1.82) is 0 Å². The summed E-state index contributed by atoms with van der Waals surface area (Å²) < 4.78 is 28.8. The summed E-state index contributed by atoms with van der Waals surface area (Å²) in [6, 6.07) is 21.2. The molecule has 11 nitrogen and oxygen atoms in total. The van der Waals surface area contributed by atoms with Gasteiger partial charge in [0.15, 0.2) is 6.29 Å². The van der Waals surface area contributed by atoms with Gasteiger partial charge >= 0.3 is 5.97 Å². The van der Waals surface area contributed by atoms with E-state index in [9.17, 15) is 30.3 Å². The van der Waals surface area contributed by atoms with E-state index < -0.39 is 49.4 Å². The number of benzene rings is 4. The first-order valence-electron chi connectivity index (χ1n) is 13.3. The van der Waals surface area contributed by atoms with E-state index in [-0.39, 0.29) is 18.8 Å². The van der Waals surface area contributed by atoms with E-state index in [1.807, 2.05) is 30.3 Å². The zero-order chi connectivity index (χ0) is 29.8. The third-order valence-corrected chi connectivity index (χ3v) is 7.12. The normalized spacial score (nSPS) is 23.0. The number of carboxylic acids is 1. The second kappa shape index (κ2) is 12.9. The number of carboxylic acid groups (broad SMARTS) is 1. The molecule has 1 aliphatic heterocycles. The first-order valence-corrected chi connectivity index (χ1v) is 13.3. The topological polar surface area (TPSA) is 164 Å². The van der Waals surface area contributed by atoms with E-state index in [1.54, 1.807) is 43.5 Å². The lowest BCUT2D eigenvalue weighted by Crippen LogP contribution is -2.60. The molecular weight excluding hydrogens is 548 g/mol. The molecular formula is C31H32O11. The van der Waals surface area contributed by atoms with Crippen molar-refractivity contribution in [2.75, 3.05) is 26.9 Å². The third-order valence-electron chi connectivity index (χ3n) is 7.12. The molecule has 5 rings (SSSR count). The van der Waals surface area contributed by atoms with Crippen molar-refractivity contribution in [3.05, 3.63) is 78.4 Å². The van der Waals surface area contributed by atoms with Crippen LogP contribution in [-0.2, 0) is 9.47 Å². The minimum Gasteiger partial charge on any atom is -0.497 e. The van der Waals surface area contributed by atoms with Gasteiger partial charge in [0.25, 0.3) is 0 Å². The van der Waals surface area contributed by atoms with Gasteiger partial charge < -0.3 is 49.2 Å². The average molecular weight is 581 g/mol. The summed E-state index contributed by atoms with van der Waals surface area (Å²) in [5.41, 5.74) is 0.174. The number of aliphatic hydroxyl groups is 4. The van der Waals surface area contributed by atoms with Gasteiger partial charge in [0.2, 0.25) is 0 Å². The molecule has 42 heavy (non-hydrogen) atoms. The number of rotatable bonds is 11. The summed E-state index contributed by atoms with van der Waals surface area (Å²) in [5, 5.41) is 53.0. The van der Waals surface area contributed by atoms with Crippen LogP contribution in [0, 0.1) is 0 Å². The van der Waals surface area contributed by atoms with Gasteiger partial charge in [0.05, 0.1) is 19.3 Å². The van der Waals surface area contributed by atoms with Crippen molar-refractivity contribution in [3.8, 4) is 17.2 Å². The van der Waals surface area contributed by atoms with E-state index in [0.29, 0.717) is 17.2 Å². The molecule has 1 aliphatic rings. The van der Waals surface area contributed by atoms with Crippen LogP contribution in [0.2, 0.25) is 0 Å². The fourth-order valence-electron chi connectivity index (χ4n) is 4.74. The Balaban J connectivity index is 1.33. The van der Waals surface area contributed by atoms with Crippen LogP contribution in [0.25, 0.3) is 21.5 Å². The van der Waals surface area contributed by atoms with Gasteiger partial charge in [-0.2, -0.15) is 0 Å². The minimum atomic E-state index is -1.60. The summed E-state index contributed by atoms with van der Waals surface area (Å²) in [6.45, 7) is -0.696. The Hall–Kier alpha value is -3.97. The maximum atomic E-state index is 11.3. The Labute approximate surface area is 241 Å². The van der Waals surface area contributed by atoms with Crippen molar-refractivity contribution in [2.45, 2.75) is 36.8 Å². The monoisotopic (exact) mass is 580 g/mol. The Morgan fingerprint density at radius 1 is 0.762 bits per heavy atom. The zero-order valence-corrected chi connectivity index (χ0v) is 22.7. The highest BCUT2D eigenvalue weighted by molar-refractivity contribution is 5.94. The molecule has 222 valence electrons. The summed E-state index contributed by atoms with van der Waals surface area (Å²) in [4.78, 5) is 11.3. The second-order valence-electron chi connectivity index (χ2n) is 9.98. The summed E-state index contributed by atoms with van der Waals surface area (Å²) in [5.74, 6) is 0.700. The number of carbonyl (C=O) groups is 1. The van der Waals surface area contributed by atoms with Crippen LogP contribution in [0.15, 0.2) is 72.8 Å². The van der Waals surface area contributed by atoms with Gasteiger partial charge in [-0.05, 0) is 70.1 Å². The van der Waals surface area contributed by atoms with Gasteiger partial charge in [-0.15, -0.1) is 0 Å². The molecule has 6 atom stereocenters. The summed E-state index contributed by atoms with van der Waals surface area (Å²) >= 11 is 0. The van der Waals surface area contributed by atoms with Gasteiger partial charge in [-0.3, -0.25) is 0 Å². The molecule has 0 aliphatic carbocycles. The van der Waals surface area contributed by atoms with Crippen LogP contribution >= 0.6 is 0 Å². The van der Waals surface area contributed by atoms with E-state index in [2.05, 4.69) is 0 Å². The Morgan fingerprint density at radius 3 is 1.98 bits per heavy atom. The molecule has 0 spiro atoms. The van der Waals surface area contributed by atoms with Crippen LogP contribution < -0.4 is 14.2 Å². The standard InChI is InChI=1S/C31H32O11/c1-38-22-7-4-17-5-8-24(13-21(17)12-22)40-16-25(41-31-29(35)28(34)27(33)26(14-32)42-31)15-39-23-9-6-18-10-20(30(36)37)3-2-19(18)11-23/h2-13,25-29,31-35H,14-16H2,1H3,(H,36,37)/t25?,26-,27-,28+,29+,31+/m1/s1. The Bertz CT molecular complexity index is 1540. The van der Waals surface area contributed by atoms with Gasteiger partial charge in [0, 0.05) is 0 Å². The highest BCUT2D eigenvalue weighted by Gasteiger charge is 2.45. The fraction of sp³-hybridized carbons (Fsp3) is 0.323. The van der Waals surface area contributed by atoms with Crippen LogP contribution in [-0.4, -0.2) is 95.2 Å². The predicted molar refractivity (Wildman–Crippen MR) is 151 cm³/mol. The van der Waals surface area contributed by atoms with E-state index in [4.69, 9.17) is 23.7 Å². The number of aliphatic hydroxyl groups excluding tert-OH is 4. The summed E-state index contributed by atoms with van der Waals surface area (Å²) in [6.07, 6.45) is -8.08. The average Bonchev–Trinajstić information content (AvgIpc) is 3.01. The van der Waals surface area contributed by atoms with Gasteiger partial charge in [-0.1, -0.05) is 24.3 Å². The number of ether oxygens (including phenoxy) is 5. The molecule has 0 aromatic heterocycles. The van der Waals surface area contributed by atoms with Crippen molar-refractivity contribution >= 4 is 27.5 Å². The molecule has 1 saturated heterocycles. The molecule has 11 heteroatoms. The predicted octanol–water partition coefficient (Wildman–Crippen LogP) is 2.34. The molecule has 4 aromatic rings. The van der Waals surface area contributed by atoms with Gasteiger partial charge in [0.1, 0.15) is 61.0 Å². The summed E-state index contributed by atoms with van der Waals surface area (Å²) in [7, 11) is 1.59. The molecule has 0 saturated carbocycles. The maximum absolute atomic E-state index is 11.3. The zero-order valence-electron chi connectivity index (χ0n) is 22.7. The highest BCUT2D eigenvalue weighted by atomic mass is 16.7. The van der Waals surface area contributed by atoms with Crippen molar-refractivity contribution in [1.82, 2.24) is 0 Å². The van der Waals surface area contributed by atoms with Crippen molar-refractivity contribution < 1.29 is 54.0 Å². The third kappa shape index (κ3) is 6.57. The van der Waals surface area contributed by atoms with Crippen LogP contribution in [0.1, 0.15) is 10.4 Å². The minimum absolute atomic E-state index is 0.0416. The van der Waals surface area contributed by atoms with E-state index >= 15 is 0 Å². The van der Waals surface area contributed by atoms with Crippen molar-refractivity contribution in [2.24, 2.45) is 0 Å². The molecule has 0 amide bonds. The lowest BCUT2D eigenvalue weighted by molar-refractivity contribution is -0.314. The van der Waals surface area contributed by atoms with Gasteiger partial charge in [-0.25, -0.2) is 4.79 Å². The molecule has 1 fully saturated rings. The van der Waals surface area contributed by atoms with Crippen LogP contribution in [0.3, 0.4) is 0 Å². The lowest BCUT2D eigenvalue weighted by atomic mass is 9.99. The number of fused-ring (bicyclic) bond motifs is 2. The van der Waals surface area contributed by atoms with Crippen LogP contribution in [0.4, 0.5) is 0 Å². The lowest BCUT2D eigenvalue weighted by Gasteiger charge is -2.40. The molecule has 0 bridgehead atoms. The molecule has 5 N–H and O–H groups in total. The smallest absolute Gasteiger partial charge is 0.335 e. The largest absolute Gasteiger partial charge is 0.497 e.